The predicted molar refractivity (Wildman–Crippen MR) is 75.9 cm³/mol. The number of fused-ring (bicyclic) bond motifs is 3. The van der Waals surface area contributed by atoms with Gasteiger partial charge in [0.25, 0.3) is 0 Å². The summed E-state index contributed by atoms with van der Waals surface area (Å²) in [7, 11) is 0. The minimum atomic E-state index is -0.212. The van der Waals surface area contributed by atoms with Crippen molar-refractivity contribution in [1.82, 2.24) is 0 Å². The Morgan fingerprint density at radius 2 is 1.95 bits per heavy atom. The molecule has 110 valence electrons. The highest BCUT2D eigenvalue weighted by Crippen LogP contribution is 2.71. The van der Waals surface area contributed by atoms with Gasteiger partial charge in [0.05, 0.1) is 0 Å². The summed E-state index contributed by atoms with van der Waals surface area (Å²) < 4.78 is 5.59. The number of ketones is 1. The third-order valence-corrected chi connectivity index (χ3v) is 6.25. The van der Waals surface area contributed by atoms with Crippen molar-refractivity contribution in [3.8, 4) is 0 Å². The summed E-state index contributed by atoms with van der Waals surface area (Å²) in [4.78, 5) is 23.8. The van der Waals surface area contributed by atoms with E-state index in [4.69, 9.17) is 4.74 Å². The fraction of sp³-hybridized carbons (Fsp3) is 0.765. The minimum absolute atomic E-state index is 0.0713. The topological polar surface area (TPSA) is 43.4 Å². The monoisotopic (exact) mass is 276 g/mol. The summed E-state index contributed by atoms with van der Waals surface area (Å²) in [6, 6.07) is 0. The van der Waals surface area contributed by atoms with Crippen molar-refractivity contribution < 1.29 is 14.3 Å². The Morgan fingerprint density at radius 1 is 1.30 bits per heavy atom. The number of rotatable bonds is 1. The highest BCUT2D eigenvalue weighted by atomic mass is 16.5. The second-order valence-electron chi connectivity index (χ2n) is 7.74. The molecule has 4 rings (SSSR count). The molecular weight excluding hydrogens is 252 g/mol. The van der Waals surface area contributed by atoms with Crippen LogP contribution in [0.3, 0.4) is 0 Å². The predicted octanol–water partition coefficient (Wildman–Crippen LogP) is 3.14. The van der Waals surface area contributed by atoms with E-state index in [1.54, 1.807) is 0 Å². The normalized spacial score (nSPS) is 45.0. The van der Waals surface area contributed by atoms with Crippen LogP contribution in [0.5, 0.6) is 0 Å². The lowest BCUT2D eigenvalue weighted by Gasteiger charge is -2.65. The Balaban J connectivity index is 2.03. The van der Waals surface area contributed by atoms with Gasteiger partial charge < -0.3 is 4.74 Å². The first kappa shape index (κ1) is 13.8. The quantitative estimate of drug-likeness (QED) is 0.691. The Kier molecular flexibility index (Phi) is 2.74. The molecule has 4 aliphatic carbocycles. The molecule has 0 N–H and O–H groups in total. The standard InChI is InChI=1S/C17H24O3/c1-9-8-11(19)14-15-13(9)17(14,5)7-6-12(16(15,3)4)20-10(2)18/h8,12-15H,6-7H2,1-5H3/t12-,13+,14-,15+,17+/m0/s1. The maximum Gasteiger partial charge on any atom is 0.302 e. The smallest absolute Gasteiger partial charge is 0.302 e. The van der Waals surface area contributed by atoms with Gasteiger partial charge in [0.1, 0.15) is 6.10 Å². The van der Waals surface area contributed by atoms with Crippen LogP contribution in [0.15, 0.2) is 11.6 Å². The second-order valence-corrected chi connectivity index (χ2v) is 7.74. The fourth-order valence-corrected chi connectivity index (χ4v) is 5.41. The molecular formula is C17H24O3. The third-order valence-electron chi connectivity index (χ3n) is 6.25. The first-order valence-electron chi connectivity index (χ1n) is 7.59. The summed E-state index contributed by atoms with van der Waals surface area (Å²) in [6.45, 7) is 10.2. The molecule has 4 bridgehead atoms. The van der Waals surface area contributed by atoms with E-state index in [1.165, 1.54) is 12.5 Å². The lowest BCUT2D eigenvalue weighted by Crippen LogP contribution is -2.64. The van der Waals surface area contributed by atoms with E-state index >= 15 is 0 Å². The molecule has 0 aromatic rings. The Labute approximate surface area is 120 Å². The van der Waals surface area contributed by atoms with Crippen molar-refractivity contribution in [2.75, 3.05) is 0 Å². The average molecular weight is 276 g/mol. The highest BCUT2D eigenvalue weighted by Gasteiger charge is 2.70. The van der Waals surface area contributed by atoms with Gasteiger partial charge in [0, 0.05) is 18.3 Å². The number of carbonyl (C=O) groups excluding carboxylic acids is 2. The molecule has 5 atom stereocenters. The molecule has 4 aliphatic rings. The summed E-state index contributed by atoms with van der Waals surface area (Å²) in [6.07, 6.45) is 3.61. The lowest BCUT2D eigenvalue weighted by molar-refractivity contribution is -0.178. The lowest BCUT2D eigenvalue weighted by atomic mass is 9.38. The van der Waals surface area contributed by atoms with Crippen LogP contribution < -0.4 is 0 Å². The van der Waals surface area contributed by atoms with Crippen LogP contribution in [0.4, 0.5) is 0 Å². The van der Waals surface area contributed by atoms with E-state index in [1.807, 2.05) is 6.08 Å². The van der Waals surface area contributed by atoms with Gasteiger partial charge in [-0.25, -0.2) is 0 Å². The van der Waals surface area contributed by atoms with E-state index in [0.717, 1.165) is 12.8 Å². The number of ether oxygens (including phenoxy) is 1. The van der Waals surface area contributed by atoms with E-state index in [9.17, 15) is 9.59 Å². The highest BCUT2D eigenvalue weighted by molar-refractivity contribution is 5.96. The van der Waals surface area contributed by atoms with E-state index in [2.05, 4.69) is 27.7 Å². The fourth-order valence-electron chi connectivity index (χ4n) is 5.41. The molecule has 0 unspecified atom stereocenters. The number of carbonyl (C=O) groups is 2. The molecule has 3 fully saturated rings. The zero-order valence-electron chi connectivity index (χ0n) is 13.0. The van der Waals surface area contributed by atoms with Crippen LogP contribution in [0.2, 0.25) is 0 Å². The summed E-state index contributed by atoms with van der Waals surface area (Å²) in [5.41, 5.74) is 1.16. The number of hydrogen-bond donors (Lipinski definition) is 0. The maximum absolute atomic E-state index is 12.4. The molecule has 0 radical (unpaired) electrons. The Hall–Kier alpha value is -1.12. The molecule has 0 amide bonds. The van der Waals surface area contributed by atoms with Crippen LogP contribution in [0, 0.1) is 28.6 Å². The molecule has 0 aromatic carbocycles. The Bertz CT molecular complexity index is 516. The van der Waals surface area contributed by atoms with Crippen molar-refractivity contribution in [2.45, 2.75) is 53.6 Å². The number of hydrogen-bond acceptors (Lipinski definition) is 3. The molecule has 0 aromatic heterocycles. The Morgan fingerprint density at radius 3 is 2.50 bits per heavy atom. The number of allylic oxidation sites excluding steroid dienone is 2. The average Bonchev–Trinajstić information content (AvgIpc) is 2.42. The van der Waals surface area contributed by atoms with Crippen molar-refractivity contribution in [3.05, 3.63) is 11.6 Å². The molecule has 20 heavy (non-hydrogen) atoms. The first-order valence-corrected chi connectivity index (χ1v) is 7.59. The van der Waals surface area contributed by atoms with Gasteiger partial charge in [0.2, 0.25) is 0 Å². The van der Waals surface area contributed by atoms with Crippen molar-refractivity contribution in [1.29, 1.82) is 0 Å². The maximum atomic E-state index is 12.4. The van der Waals surface area contributed by atoms with Crippen LogP contribution in [0.25, 0.3) is 0 Å². The minimum Gasteiger partial charge on any atom is -0.462 e. The largest absolute Gasteiger partial charge is 0.462 e. The van der Waals surface area contributed by atoms with E-state index in [-0.39, 0.29) is 34.6 Å². The summed E-state index contributed by atoms with van der Waals surface area (Å²) in [5.74, 6) is 0.981. The molecule has 3 nitrogen and oxygen atoms in total. The van der Waals surface area contributed by atoms with Crippen LogP contribution in [0.1, 0.15) is 47.5 Å². The second kappa shape index (κ2) is 3.96. The molecule has 3 heteroatoms. The van der Waals surface area contributed by atoms with Gasteiger partial charge in [-0.1, -0.05) is 26.3 Å². The summed E-state index contributed by atoms with van der Waals surface area (Å²) in [5, 5.41) is 0. The van der Waals surface area contributed by atoms with Crippen molar-refractivity contribution >= 4 is 11.8 Å². The number of esters is 1. The zero-order valence-corrected chi connectivity index (χ0v) is 13.0. The van der Waals surface area contributed by atoms with Gasteiger partial charge in [-0.15, -0.1) is 0 Å². The van der Waals surface area contributed by atoms with Crippen LogP contribution in [-0.2, 0) is 14.3 Å². The van der Waals surface area contributed by atoms with Crippen LogP contribution in [-0.4, -0.2) is 17.9 Å². The van der Waals surface area contributed by atoms with Gasteiger partial charge in [-0.2, -0.15) is 0 Å². The SMILES string of the molecule is CC(=O)O[C@H]1CC[C@]2(C)[C@@H]3C(C)=CC(=O)[C@H]2[C@@H]3C1(C)C. The zero-order chi connectivity index (χ0) is 14.9. The van der Waals surface area contributed by atoms with Gasteiger partial charge >= 0.3 is 5.97 Å². The van der Waals surface area contributed by atoms with Crippen molar-refractivity contribution in [2.24, 2.45) is 28.6 Å². The van der Waals surface area contributed by atoms with Crippen molar-refractivity contribution in [3.63, 3.8) is 0 Å². The molecule has 3 saturated carbocycles. The van der Waals surface area contributed by atoms with Gasteiger partial charge in [-0.3, -0.25) is 9.59 Å². The molecule has 0 aliphatic heterocycles. The third kappa shape index (κ3) is 1.52. The first-order chi connectivity index (χ1) is 9.19. The van der Waals surface area contributed by atoms with Gasteiger partial charge in [0.15, 0.2) is 5.78 Å². The van der Waals surface area contributed by atoms with E-state index < -0.39 is 0 Å². The molecule has 0 spiro atoms. The van der Waals surface area contributed by atoms with E-state index in [0.29, 0.717) is 11.8 Å². The molecule has 0 heterocycles. The van der Waals surface area contributed by atoms with Gasteiger partial charge in [-0.05, 0) is 43.1 Å². The van der Waals surface area contributed by atoms with Crippen LogP contribution >= 0.6 is 0 Å². The summed E-state index contributed by atoms with van der Waals surface area (Å²) >= 11 is 0. The molecule has 0 saturated heterocycles.